The highest BCUT2D eigenvalue weighted by Crippen LogP contribution is 2.34. The number of carbonyl (C=O) groups is 1. The molecule has 1 amide bonds. The third kappa shape index (κ3) is 4.77. The first-order chi connectivity index (χ1) is 12.7. The lowest BCUT2D eigenvalue weighted by atomic mass is 9.94. The molecular weight excluding hydrogens is 354 g/mol. The van der Waals surface area contributed by atoms with Crippen molar-refractivity contribution in [2.24, 2.45) is 0 Å². The van der Waals surface area contributed by atoms with Gasteiger partial charge in [-0.05, 0) is 23.0 Å². The van der Waals surface area contributed by atoms with E-state index < -0.39 is 43.3 Å². The van der Waals surface area contributed by atoms with Crippen molar-refractivity contribution >= 4 is 6.09 Å². The van der Waals surface area contributed by atoms with Gasteiger partial charge < -0.3 is 35.2 Å². The number of amides is 1. The summed E-state index contributed by atoms with van der Waals surface area (Å²) < 4.78 is 10.6. The van der Waals surface area contributed by atoms with E-state index in [1.165, 1.54) is 0 Å². The van der Waals surface area contributed by atoms with Crippen molar-refractivity contribution < 1.29 is 34.7 Å². The van der Waals surface area contributed by atoms with E-state index in [1.54, 1.807) is 0 Å². The zero-order valence-corrected chi connectivity index (χ0v) is 16.0. The van der Waals surface area contributed by atoms with Gasteiger partial charge in [-0.15, -0.1) is 0 Å². The second-order valence-electron chi connectivity index (χ2n) is 7.36. The van der Waals surface area contributed by atoms with Crippen LogP contribution in [0.3, 0.4) is 0 Å². The number of hydrogen-bond acceptors (Lipinski definition) is 7. The minimum absolute atomic E-state index is 0.118. The third-order valence-corrected chi connectivity index (χ3v) is 4.70. The van der Waals surface area contributed by atoms with Crippen molar-refractivity contribution in [3.05, 3.63) is 29.3 Å². The molecule has 5 atom stereocenters. The number of rotatable bonds is 5. The number of ether oxygens (including phenoxy) is 2. The summed E-state index contributed by atoms with van der Waals surface area (Å²) in [6.45, 7) is 7.36. The summed E-state index contributed by atoms with van der Waals surface area (Å²) in [5.41, 5.74) is 1.72. The fourth-order valence-corrected chi connectivity index (χ4v) is 3.11. The maximum Gasteiger partial charge on any atom is 0.413 e. The first-order valence-corrected chi connectivity index (χ1v) is 9.09. The van der Waals surface area contributed by atoms with Crippen molar-refractivity contribution in [3.8, 4) is 5.75 Å². The Morgan fingerprint density at radius 1 is 1.11 bits per heavy atom. The van der Waals surface area contributed by atoms with Crippen molar-refractivity contribution in [1.82, 2.24) is 5.32 Å². The lowest BCUT2D eigenvalue weighted by molar-refractivity contribution is -0.252. The van der Waals surface area contributed by atoms with Crippen LogP contribution >= 0.6 is 0 Å². The van der Waals surface area contributed by atoms with Gasteiger partial charge in [0.15, 0.2) is 6.29 Å². The molecule has 2 rings (SSSR count). The number of aliphatic hydroxyl groups is 4. The van der Waals surface area contributed by atoms with Gasteiger partial charge in [-0.1, -0.05) is 45.9 Å². The van der Waals surface area contributed by atoms with Gasteiger partial charge in [0.1, 0.15) is 30.1 Å². The van der Waals surface area contributed by atoms with Crippen LogP contribution < -0.4 is 10.1 Å². The molecule has 152 valence electrons. The van der Waals surface area contributed by atoms with Crippen LogP contribution in [0.5, 0.6) is 5.75 Å². The molecule has 1 aromatic carbocycles. The Bertz CT molecular complexity index is 623. The average molecular weight is 383 g/mol. The van der Waals surface area contributed by atoms with Crippen molar-refractivity contribution in [1.29, 1.82) is 0 Å². The molecule has 0 saturated carbocycles. The van der Waals surface area contributed by atoms with Gasteiger partial charge in [0.2, 0.25) is 0 Å². The SMILES string of the molecule is CC(C)c1cccc(C(C)C)c1OC(=O)N[C@H]1[C@H](O)[C@@H](O)[C@H](CO)O[C@@H]1O. The minimum Gasteiger partial charge on any atom is -0.410 e. The average Bonchev–Trinajstić information content (AvgIpc) is 2.61. The lowest BCUT2D eigenvalue weighted by Gasteiger charge is -2.40. The number of hydrogen-bond donors (Lipinski definition) is 5. The summed E-state index contributed by atoms with van der Waals surface area (Å²) in [5.74, 6) is 0.676. The van der Waals surface area contributed by atoms with Gasteiger partial charge in [-0.2, -0.15) is 0 Å². The normalized spacial score (nSPS) is 28.4. The number of para-hydroxylation sites is 1. The highest BCUT2D eigenvalue weighted by molar-refractivity contribution is 5.72. The monoisotopic (exact) mass is 383 g/mol. The largest absolute Gasteiger partial charge is 0.413 e. The van der Waals surface area contributed by atoms with Crippen LogP contribution in [0.25, 0.3) is 0 Å². The molecule has 1 saturated heterocycles. The van der Waals surface area contributed by atoms with Crippen molar-refractivity contribution in [2.45, 2.75) is 70.2 Å². The summed E-state index contributed by atoms with van der Waals surface area (Å²) >= 11 is 0. The number of benzene rings is 1. The standard InChI is InChI=1S/C19H29NO7/c1-9(2)11-6-5-7-12(10(3)4)17(11)27-19(25)20-14-16(23)15(22)13(8-21)26-18(14)24/h5-7,9-10,13-16,18,21-24H,8H2,1-4H3,(H,20,25)/t13-,14-,15-,16-,18-/m0/s1. The van der Waals surface area contributed by atoms with Gasteiger partial charge in [0.25, 0.3) is 0 Å². The van der Waals surface area contributed by atoms with E-state index in [2.05, 4.69) is 5.32 Å². The minimum atomic E-state index is -1.60. The summed E-state index contributed by atoms with van der Waals surface area (Å²) in [5, 5.41) is 41.5. The van der Waals surface area contributed by atoms with Crippen LogP contribution in [0.1, 0.15) is 50.7 Å². The Morgan fingerprint density at radius 2 is 1.67 bits per heavy atom. The van der Waals surface area contributed by atoms with Crippen LogP contribution in [0, 0.1) is 0 Å². The van der Waals surface area contributed by atoms with Crippen LogP contribution in [-0.2, 0) is 4.74 Å². The fourth-order valence-electron chi connectivity index (χ4n) is 3.11. The number of nitrogens with one attached hydrogen (secondary N) is 1. The molecule has 0 spiro atoms. The Morgan fingerprint density at radius 3 is 2.15 bits per heavy atom. The summed E-state index contributed by atoms with van der Waals surface area (Å²) in [4.78, 5) is 12.4. The second kappa shape index (κ2) is 8.99. The molecule has 0 aliphatic carbocycles. The zero-order chi connectivity index (χ0) is 20.3. The molecule has 0 aromatic heterocycles. The van der Waals surface area contributed by atoms with E-state index in [1.807, 2.05) is 45.9 Å². The fraction of sp³-hybridized carbons (Fsp3) is 0.632. The second-order valence-corrected chi connectivity index (χ2v) is 7.36. The number of aliphatic hydroxyl groups excluding tert-OH is 4. The Labute approximate surface area is 158 Å². The lowest BCUT2D eigenvalue weighted by Crippen LogP contribution is -2.64. The summed E-state index contributed by atoms with van der Waals surface area (Å²) in [6.07, 6.45) is -6.61. The van der Waals surface area contributed by atoms with Crippen molar-refractivity contribution in [3.63, 3.8) is 0 Å². The molecule has 1 fully saturated rings. The smallest absolute Gasteiger partial charge is 0.410 e. The van der Waals surface area contributed by atoms with Crippen LogP contribution in [0.15, 0.2) is 18.2 Å². The van der Waals surface area contributed by atoms with E-state index in [9.17, 15) is 20.1 Å². The Balaban J connectivity index is 2.19. The highest BCUT2D eigenvalue weighted by Gasteiger charge is 2.44. The van der Waals surface area contributed by atoms with Crippen LogP contribution in [-0.4, -0.2) is 63.8 Å². The van der Waals surface area contributed by atoms with Gasteiger partial charge in [0.05, 0.1) is 6.61 Å². The molecule has 1 heterocycles. The van der Waals surface area contributed by atoms with E-state index in [0.717, 1.165) is 11.1 Å². The van der Waals surface area contributed by atoms with E-state index in [0.29, 0.717) is 5.75 Å². The van der Waals surface area contributed by atoms with E-state index in [4.69, 9.17) is 14.6 Å². The quantitative estimate of drug-likeness (QED) is 0.509. The molecule has 27 heavy (non-hydrogen) atoms. The highest BCUT2D eigenvalue weighted by atomic mass is 16.6. The van der Waals surface area contributed by atoms with Crippen LogP contribution in [0.2, 0.25) is 0 Å². The van der Waals surface area contributed by atoms with Gasteiger partial charge in [-0.3, -0.25) is 0 Å². The first-order valence-electron chi connectivity index (χ1n) is 9.09. The molecule has 8 heteroatoms. The summed E-state index contributed by atoms with van der Waals surface area (Å²) in [7, 11) is 0. The molecular formula is C19H29NO7. The predicted molar refractivity (Wildman–Crippen MR) is 97.5 cm³/mol. The van der Waals surface area contributed by atoms with Gasteiger partial charge in [-0.25, -0.2) is 4.79 Å². The third-order valence-electron chi connectivity index (χ3n) is 4.70. The molecule has 0 radical (unpaired) electrons. The van der Waals surface area contributed by atoms with E-state index >= 15 is 0 Å². The van der Waals surface area contributed by atoms with Gasteiger partial charge >= 0.3 is 6.09 Å². The maximum absolute atomic E-state index is 12.4. The topological polar surface area (TPSA) is 128 Å². The summed E-state index contributed by atoms with van der Waals surface area (Å²) in [6, 6.07) is 4.36. The van der Waals surface area contributed by atoms with E-state index in [-0.39, 0.29) is 11.8 Å². The zero-order valence-electron chi connectivity index (χ0n) is 16.0. The predicted octanol–water partition coefficient (Wildman–Crippen LogP) is 0.822. The molecule has 1 aliphatic rings. The Kier molecular flexibility index (Phi) is 7.19. The molecule has 8 nitrogen and oxygen atoms in total. The van der Waals surface area contributed by atoms with Crippen molar-refractivity contribution in [2.75, 3.05) is 6.61 Å². The molecule has 0 bridgehead atoms. The molecule has 1 aliphatic heterocycles. The van der Waals surface area contributed by atoms with Crippen LogP contribution in [0.4, 0.5) is 4.79 Å². The van der Waals surface area contributed by atoms with Gasteiger partial charge in [0, 0.05) is 0 Å². The maximum atomic E-state index is 12.4. The first kappa shape index (κ1) is 21.6. The molecule has 1 aromatic rings. The molecule has 5 N–H and O–H groups in total. The number of carbonyl (C=O) groups excluding carboxylic acids is 1. The molecule has 0 unspecified atom stereocenters. The Hall–Kier alpha value is -1.71.